The van der Waals surface area contributed by atoms with Crippen LogP contribution in [-0.4, -0.2) is 127 Å². The summed E-state index contributed by atoms with van der Waals surface area (Å²) < 4.78 is 61.4. The smallest absolute Gasteiger partial charge is 0.407 e. The first kappa shape index (κ1) is 59.5. The second kappa shape index (κ2) is 28.3. The van der Waals surface area contributed by atoms with E-state index in [9.17, 15) is 9.59 Å². The first-order valence-electron chi connectivity index (χ1n) is 28.4. The molecule has 2 aliphatic rings. The zero-order chi connectivity index (χ0) is 58.4. The summed E-state index contributed by atoms with van der Waals surface area (Å²) in [6.45, 7) is 10.5. The first-order chi connectivity index (χ1) is 41.1. The maximum absolute atomic E-state index is 13.4. The first-order valence-corrected chi connectivity index (χ1v) is 29.5. The summed E-state index contributed by atoms with van der Waals surface area (Å²) in [5.74, 6) is 1.33. The number of hydrogen-bond donors (Lipinski definition) is 2. The van der Waals surface area contributed by atoms with Crippen molar-refractivity contribution in [2.45, 2.75) is 76.2 Å². The molecule has 10 rings (SSSR count). The molecule has 1 saturated heterocycles. The number of carbonyl (C=O) groups is 2. The summed E-state index contributed by atoms with van der Waals surface area (Å²) in [5, 5.41) is 5.73. The fraction of sp³-hybridized carbons (Fsp3) is 0.338. The molecule has 1 aliphatic heterocycles. The van der Waals surface area contributed by atoms with Gasteiger partial charge in [0.05, 0.1) is 66.3 Å². The van der Waals surface area contributed by atoms with Gasteiger partial charge in [-0.25, -0.2) is 24.4 Å². The standard InChI is InChI=1S/C65H72N7O11P/c1-44(2)72(45(3)4)84(81-38-37-78-36-35-77-34-33-66-64(74)79-40-56-54-23-15-13-21-52(54)53-22-14-16-24-55(53)56)83-57-39-59(71-43-69-60-61(67-42-68-62(60)71)70-63(73)46-17-9-7-10-18-46)82-58(57)41-80-65(47-19-11-8-12-20-47,48-25-29-50(75-5)30-26-48)49-27-31-51(76-6)32-28-49/h7-32,42-45,56-59H,33-41H2,1-6H3,(H,66,74)(H,67,68,70,73). The Bertz CT molecular complexity index is 3310. The van der Waals surface area contributed by atoms with E-state index in [4.69, 9.17) is 47.2 Å². The minimum atomic E-state index is -1.73. The summed E-state index contributed by atoms with van der Waals surface area (Å²) >= 11 is 0. The lowest BCUT2D eigenvalue weighted by molar-refractivity contribution is -0.0913. The Kier molecular flexibility index (Phi) is 20.0. The molecule has 1 fully saturated rings. The summed E-state index contributed by atoms with van der Waals surface area (Å²) in [4.78, 5) is 39.9. The maximum Gasteiger partial charge on any atom is 0.407 e. The fourth-order valence-electron chi connectivity index (χ4n) is 10.9. The largest absolute Gasteiger partial charge is 0.497 e. The van der Waals surface area contributed by atoms with Gasteiger partial charge in [0.15, 0.2) is 17.0 Å². The molecule has 438 valence electrons. The monoisotopic (exact) mass is 1160 g/mol. The fourth-order valence-corrected chi connectivity index (χ4v) is 12.7. The van der Waals surface area contributed by atoms with Gasteiger partial charge in [-0.2, -0.15) is 0 Å². The van der Waals surface area contributed by atoms with Gasteiger partial charge in [-0.15, -0.1) is 0 Å². The van der Waals surface area contributed by atoms with Gasteiger partial charge in [-0.05, 0) is 103 Å². The average molecular weight is 1160 g/mol. The number of aromatic nitrogens is 4. The number of hydrogen-bond acceptors (Lipinski definition) is 15. The molecular weight excluding hydrogens is 1090 g/mol. The zero-order valence-electron chi connectivity index (χ0n) is 48.2. The molecule has 6 aromatic carbocycles. The van der Waals surface area contributed by atoms with Crippen molar-refractivity contribution in [2.75, 3.05) is 72.3 Å². The van der Waals surface area contributed by atoms with Crippen LogP contribution in [0.3, 0.4) is 0 Å². The summed E-state index contributed by atoms with van der Waals surface area (Å²) in [7, 11) is 1.56. The van der Waals surface area contributed by atoms with Gasteiger partial charge >= 0.3 is 6.09 Å². The van der Waals surface area contributed by atoms with Crippen molar-refractivity contribution in [1.29, 1.82) is 0 Å². The van der Waals surface area contributed by atoms with Crippen molar-refractivity contribution in [2.24, 2.45) is 0 Å². The molecule has 84 heavy (non-hydrogen) atoms. The SMILES string of the molecule is COc1ccc(C(OCC2OC(n3cnc4c(NC(=O)c5ccccc5)ncnc43)CC2OP(OCCOCCOCCNC(=O)OCC2c3ccccc3-c3ccccc32)N(C(C)C)C(C)C)(c2ccccc2)c2ccc(OC)cc2)cc1. The van der Waals surface area contributed by atoms with E-state index in [-0.39, 0.29) is 69.3 Å². The van der Waals surface area contributed by atoms with E-state index in [0.717, 1.165) is 27.8 Å². The Morgan fingerprint density at radius 2 is 1.25 bits per heavy atom. The third kappa shape index (κ3) is 13.6. The van der Waals surface area contributed by atoms with E-state index in [1.807, 2.05) is 102 Å². The zero-order valence-corrected chi connectivity index (χ0v) is 49.1. The maximum atomic E-state index is 13.4. The van der Waals surface area contributed by atoms with Crippen molar-refractivity contribution in [3.63, 3.8) is 0 Å². The minimum Gasteiger partial charge on any atom is -0.497 e. The van der Waals surface area contributed by atoms with Crippen LogP contribution in [0.1, 0.15) is 84.4 Å². The minimum absolute atomic E-state index is 0.0182. The van der Waals surface area contributed by atoms with Crippen LogP contribution in [0.5, 0.6) is 11.5 Å². The van der Waals surface area contributed by atoms with E-state index in [1.54, 1.807) is 44.8 Å². The second-order valence-corrected chi connectivity index (χ2v) is 22.2. The Labute approximate surface area is 491 Å². The van der Waals surface area contributed by atoms with Crippen LogP contribution in [0.2, 0.25) is 0 Å². The van der Waals surface area contributed by atoms with Crippen molar-refractivity contribution >= 4 is 37.5 Å². The summed E-state index contributed by atoms with van der Waals surface area (Å²) in [6.07, 6.45) is 1.02. The number of anilines is 1. The normalized spacial score (nSPS) is 16.2. The predicted molar refractivity (Wildman–Crippen MR) is 321 cm³/mol. The Balaban J connectivity index is 0.828. The Morgan fingerprint density at radius 3 is 1.87 bits per heavy atom. The predicted octanol–water partition coefficient (Wildman–Crippen LogP) is 11.7. The van der Waals surface area contributed by atoms with Crippen LogP contribution in [0, 0.1) is 0 Å². The van der Waals surface area contributed by atoms with E-state index < -0.39 is 38.7 Å². The number of benzene rings is 6. The molecule has 0 saturated carbocycles. The highest BCUT2D eigenvalue weighted by molar-refractivity contribution is 7.44. The topological polar surface area (TPSA) is 188 Å². The van der Waals surface area contributed by atoms with Gasteiger partial charge in [-0.3, -0.25) is 9.36 Å². The molecule has 0 bridgehead atoms. The van der Waals surface area contributed by atoms with Crippen molar-refractivity contribution in [3.8, 4) is 22.6 Å². The Hall–Kier alpha value is -7.64. The van der Waals surface area contributed by atoms with Crippen LogP contribution < -0.4 is 20.1 Å². The quantitative estimate of drug-likeness (QED) is 0.0268. The van der Waals surface area contributed by atoms with Gasteiger partial charge in [0.2, 0.25) is 0 Å². The molecule has 3 heterocycles. The molecular formula is C65H72N7O11P. The van der Waals surface area contributed by atoms with Crippen molar-refractivity contribution in [3.05, 3.63) is 204 Å². The van der Waals surface area contributed by atoms with Gasteiger partial charge in [0.1, 0.15) is 42.4 Å². The molecule has 4 atom stereocenters. The Morgan fingerprint density at radius 1 is 0.679 bits per heavy atom. The van der Waals surface area contributed by atoms with Crippen LogP contribution in [-0.2, 0) is 38.3 Å². The molecule has 2 N–H and O–H groups in total. The average Bonchev–Trinajstić information content (AvgIpc) is 1.84. The number of amides is 2. The van der Waals surface area contributed by atoms with E-state index >= 15 is 0 Å². The van der Waals surface area contributed by atoms with Crippen LogP contribution in [0.25, 0.3) is 22.3 Å². The number of nitrogens with zero attached hydrogens (tertiary/aromatic N) is 5. The number of rotatable bonds is 28. The molecule has 19 heteroatoms. The molecule has 8 aromatic rings. The molecule has 2 amide bonds. The van der Waals surface area contributed by atoms with Crippen molar-refractivity contribution < 1.29 is 51.8 Å². The highest BCUT2D eigenvalue weighted by Crippen LogP contribution is 2.51. The highest BCUT2D eigenvalue weighted by atomic mass is 31.2. The lowest BCUT2D eigenvalue weighted by Gasteiger charge is -2.39. The van der Waals surface area contributed by atoms with Crippen LogP contribution >= 0.6 is 8.53 Å². The van der Waals surface area contributed by atoms with E-state index in [0.29, 0.717) is 47.9 Å². The number of nitrogens with one attached hydrogen (secondary N) is 2. The van der Waals surface area contributed by atoms with Gasteiger partial charge < -0.3 is 52.8 Å². The molecule has 2 aromatic heterocycles. The van der Waals surface area contributed by atoms with E-state index in [1.165, 1.54) is 17.5 Å². The second-order valence-electron chi connectivity index (χ2n) is 20.8. The summed E-state index contributed by atoms with van der Waals surface area (Å²) in [6, 6.07) is 51.4. The van der Waals surface area contributed by atoms with Crippen LogP contribution in [0.4, 0.5) is 10.6 Å². The molecule has 1 aliphatic carbocycles. The molecule has 0 radical (unpaired) electrons. The van der Waals surface area contributed by atoms with E-state index in [2.05, 4.69) is 89.4 Å². The lowest BCUT2D eigenvalue weighted by atomic mass is 9.80. The highest BCUT2D eigenvalue weighted by Gasteiger charge is 2.45. The van der Waals surface area contributed by atoms with Gasteiger partial charge in [0, 0.05) is 36.5 Å². The van der Waals surface area contributed by atoms with Gasteiger partial charge in [0.25, 0.3) is 14.4 Å². The number of fused-ring (bicyclic) bond motifs is 4. The molecule has 0 spiro atoms. The molecule has 4 unspecified atom stereocenters. The third-order valence-electron chi connectivity index (χ3n) is 14.9. The number of ether oxygens (including phenoxy) is 7. The summed E-state index contributed by atoms with van der Waals surface area (Å²) in [5.41, 5.74) is 7.47. The number of methoxy groups -OCH3 is 2. The number of imidazole rings is 1. The number of carbonyl (C=O) groups excluding carboxylic acids is 2. The molecule has 18 nitrogen and oxygen atoms in total. The van der Waals surface area contributed by atoms with Crippen LogP contribution in [0.15, 0.2) is 170 Å². The van der Waals surface area contributed by atoms with Gasteiger partial charge in [-0.1, -0.05) is 121 Å². The third-order valence-corrected chi connectivity index (χ3v) is 17.0. The van der Waals surface area contributed by atoms with Crippen molar-refractivity contribution in [1.82, 2.24) is 29.5 Å². The number of alkyl carbamates (subject to hydrolysis) is 1. The lowest BCUT2D eigenvalue weighted by Crippen LogP contribution is -2.39.